The molecule has 2 N–H and O–H groups in total. The monoisotopic (exact) mass is 195 g/mol. The Kier molecular flexibility index (Phi) is 2.89. The first-order chi connectivity index (χ1) is 6.77. The Morgan fingerprint density at radius 3 is 3.07 bits per heavy atom. The smallest absolute Gasteiger partial charge is 0.0935 e. The summed E-state index contributed by atoms with van der Waals surface area (Å²) in [6.07, 6.45) is 5.61. The van der Waals surface area contributed by atoms with Crippen molar-refractivity contribution in [1.29, 1.82) is 0 Å². The van der Waals surface area contributed by atoms with Gasteiger partial charge in [0.05, 0.1) is 18.6 Å². The van der Waals surface area contributed by atoms with Crippen molar-refractivity contribution in [3.8, 4) is 0 Å². The number of ether oxygens (including phenoxy) is 1. The summed E-state index contributed by atoms with van der Waals surface area (Å²) in [7, 11) is 0. The van der Waals surface area contributed by atoms with Gasteiger partial charge in [-0.1, -0.05) is 6.92 Å². The first-order valence-electron chi connectivity index (χ1n) is 5.15. The van der Waals surface area contributed by atoms with Crippen LogP contribution in [0.4, 0.5) is 0 Å². The molecule has 1 aliphatic heterocycles. The molecule has 3 heteroatoms. The maximum absolute atomic E-state index is 6.09. The van der Waals surface area contributed by atoms with Gasteiger partial charge in [0.2, 0.25) is 0 Å². The zero-order valence-corrected chi connectivity index (χ0v) is 8.48. The molecule has 3 nitrogen and oxygen atoms in total. The molecule has 0 saturated carbocycles. The van der Waals surface area contributed by atoms with E-state index in [0.29, 0.717) is 5.92 Å². The topological polar surface area (TPSA) is 48.4 Å². The van der Waals surface area contributed by atoms with Gasteiger partial charge in [-0.05, 0) is 30.4 Å². The highest BCUT2D eigenvalue weighted by molar-refractivity contribution is 5.08. The summed E-state index contributed by atoms with van der Waals surface area (Å²) < 4.78 is 10.6. The average molecular weight is 195 g/mol. The fourth-order valence-corrected chi connectivity index (χ4v) is 2.06. The van der Waals surface area contributed by atoms with Crippen LogP contribution in [0, 0.1) is 5.92 Å². The first kappa shape index (κ1) is 9.74. The molecule has 14 heavy (non-hydrogen) atoms. The van der Waals surface area contributed by atoms with Gasteiger partial charge in [-0.25, -0.2) is 0 Å². The predicted octanol–water partition coefficient (Wildman–Crippen LogP) is 1.57. The highest BCUT2D eigenvalue weighted by atomic mass is 16.5. The molecule has 1 aromatic heterocycles. The maximum Gasteiger partial charge on any atom is 0.0935 e. The Morgan fingerprint density at radius 2 is 2.50 bits per heavy atom. The molecule has 78 valence electrons. The lowest BCUT2D eigenvalue weighted by molar-refractivity contribution is 0.0726. The lowest BCUT2D eigenvalue weighted by Gasteiger charge is -2.21. The molecule has 2 heterocycles. The van der Waals surface area contributed by atoms with Crippen molar-refractivity contribution in [3.63, 3.8) is 0 Å². The van der Waals surface area contributed by atoms with Crippen molar-refractivity contribution in [2.45, 2.75) is 31.9 Å². The number of hydrogen-bond donors (Lipinski definition) is 1. The Balaban J connectivity index is 1.92. The second-order valence-electron chi connectivity index (χ2n) is 4.10. The quantitative estimate of drug-likeness (QED) is 0.796. The number of hydrogen-bond acceptors (Lipinski definition) is 3. The minimum absolute atomic E-state index is 0.0881. The molecule has 3 unspecified atom stereocenters. The van der Waals surface area contributed by atoms with Crippen LogP contribution in [0.5, 0.6) is 0 Å². The highest BCUT2D eigenvalue weighted by Gasteiger charge is 2.29. The standard InChI is InChI=1S/C11H17NO2/c1-8-2-5-14-11(8)10(12)6-9-3-4-13-7-9/h3-4,7-8,10-11H,2,5-6,12H2,1H3. The van der Waals surface area contributed by atoms with Crippen molar-refractivity contribution in [1.82, 2.24) is 0 Å². The van der Waals surface area contributed by atoms with E-state index in [0.717, 1.165) is 25.0 Å². The van der Waals surface area contributed by atoms with Crippen molar-refractivity contribution in [2.75, 3.05) is 6.61 Å². The van der Waals surface area contributed by atoms with Gasteiger partial charge in [-0.3, -0.25) is 0 Å². The van der Waals surface area contributed by atoms with E-state index in [1.807, 2.05) is 6.07 Å². The van der Waals surface area contributed by atoms with E-state index in [9.17, 15) is 0 Å². The summed E-state index contributed by atoms with van der Waals surface area (Å²) in [5.74, 6) is 0.580. The number of rotatable bonds is 3. The van der Waals surface area contributed by atoms with Gasteiger partial charge in [0.25, 0.3) is 0 Å². The minimum atomic E-state index is 0.0881. The fourth-order valence-electron chi connectivity index (χ4n) is 2.06. The Labute approximate surface area is 84.2 Å². The zero-order chi connectivity index (χ0) is 9.97. The second-order valence-corrected chi connectivity index (χ2v) is 4.10. The van der Waals surface area contributed by atoms with Crippen LogP contribution in [0.3, 0.4) is 0 Å². The molecule has 1 aromatic rings. The lowest BCUT2D eigenvalue weighted by Crippen LogP contribution is -2.39. The largest absolute Gasteiger partial charge is 0.472 e. The number of nitrogens with two attached hydrogens (primary N) is 1. The van der Waals surface area contributed by atoms with Crippen LogP contribution in [-0.2, 0) is 11.2 Å². The van der Waals surface area contributed by atoms with E-state index in [1.54, 1.807) is 12.5 Å². The molecule has 0 aliphatic carbocycles. The Hall–Kier alpha value is -0.800. The zero-order valence-electron chi connectivity index (χ0n) is 8.48. The Morgan fingerprint density at radius 1 is 1.64 bits per heavy atom. The van der Waals surface area contributed by atoms with Crippen LogP contribution >= 0.6 is 0 Å². The molecule has 1 aliphatic rings. The van der Waals surface area contributed by atoms with Gasteiger partial charge in [-0.15, -0.1) is 0 Å². The summed E-state index contributed by atoms with van der Waals surface area (Å²) >= 11 is 0. The number of furan rings is 1. The third-order valence-corrected chi connectivity index (χ3v) is 2.92. The first-order valence-corrected chi connectivity index (χ1v) is 5.15. The van der Waals surface area contributed by atoms with Crippen LogP contribution in [0.25, 0.3) is 0 Å². The molecule has 2 rings (SSSR count). The molecule has 3 atom stereocenters. The van der Waals surface area contributed by atoms with Crippen LogP contribution in [-0.4, -0.2) is 18.8 Å². The van der Waals surface area contributed by atoms with Crippen molar-refractivity contribution in [2.24, 2.45) is 11.7 Å². The molecule has 1 fully saturated rings. The summed E-state index contributed by atoms with van der Waals surface area (Å²) in [4.78, 5) is 0. The van der Waals surface area contributed by atoms with Gasteiger partial charge in [0.1, 0.15) is 0 Å². The summed E-state index contributed by atoms with van der Waals surface area (Å²) in [6.45, 7) is 3.05. The van der Waals surface area contributed by atoms with Crippen LogP contribution in [0.1, 0.15) is 18.9 Å². The molecule has 0 bridgehead atoms. The van der Waals surface area contributed by atoms with Crippen molar-refractivity contribution in [3.05, 3.63) is 24.2 Å². The van der Waals surface area contributed by atoms with Crippen molar-refractivity contribution >= 4 is 0 Å². The third kappa shape index (κ3) is 1.99. The van der Waals surface area contributed by atoms with Crippen LogP contribution in [0.2, 0.25) is 0 Å². The van der Waals surface area contributed by atoms with Crippen LogP contribution in [0.15, 0.2) is 23.0 Å². The summed E-state index contributed by atoms with van der Waals surface area (Å²) in [5.41, 5.74) is 7.25. The fraction of sp³-hybridized carbons (Fsp3) is 0.636. The van der Waals surface area contributed by atoms with E-state index in [1.165, 1.54) is 0 Å². The van der Waals surface area contributed by atoms with Gasteiger partial charge < -0.3 is 14.9 Å². The molecular weight excluding hydrogens is 178 g/mol. The maximum atomic E-state index is 6.09. The van der Waals surface area contributed by atoms with Gasteiger partial charge in [0.15, 0.2) is 0 Å². The van der Waals surface area contributed by atoms with E-state index < -0.39 is 0 Å². The van der Waals surface area contributed by atoms with E-state index in [2.05, 4.69) is 6.92 Å². The molecule has 0 amide bonds. The average Bonchev–Trinajstić information content (AvgIpc) is 2.75. The van der Waals surface area contributed by atoms with Gasteiger partial charge >= 0.3 is 0 Å². The molecular formula is C11H17NO2. The van der Waals surface area contributed by atoms with E-state index in [4.69, 9.17) is 14.9 Å². The van der Waals surface area contributed by atoms with E-state index >= 15 is 0 Å². The van der Waals surface area contributed by atoms with Gasteiger partial charge in [-0.2, -0.15) is 0 Å². The summed E-state index contributed by atoms with van der Waals surface area (Å²) in [6, 6.07) is 2.05. The van der Waals surface area contributed by atoms with Crippen LogP contribution < -0.4 is 5.73 Å². The third-order valence-electron chi connectivity index (χ3n) is 2.92. The molecule has 0 radical (unpaired) electrons. The second kappa shape index (κ2) is 4.15. The lowest BCUT2D eigenvalue weighted by atomic mass is 9.94. The Bertz CT molecular complexity index is 271. The highest BCUT2D eigenvalue weighted by Crippen LogP contribution is 2.23. The predicted molar refractivity (Wildman–Crippen MR) is 53.9 cm³/mol. The molecule has 0 aromatic carbocycles. The van der Waals surface area contributed by atoms with Crippen molar-refractivity contribution < 1.29 is 9.15 Å². The van der Waals surface area contributed by atoms with E-state index in [-0.39, 0.29) is 12.1 Å². The SMILES string of the molecule is CC1CCOC1C(N)Cc1ccoc1. The normalized spacial score (nSPS) is 29.3. The minimum Gasteiger partial charge on any atom is -0.472 e. The van der Waals surface area contributed by atoms with Gasteiger partial charge in [0, 0.05) is 12.6 Å². The summed E-state index contributed by atoms with van der Waals surface area (Å²) in [5, 5.41) is 0. The molecule has 1 saturated heterocycles. The molecule has 0 spiro atoms.